The van der Waals surface area contributed by atoms with Gasteiger partial charge in [-0.3, -0.25) is 0 Å². The van der Waals surface area contributed by atoms with Crippen molar-refractivity contribution in [2.45, 2.75) is 13.5 Å². The molecular weight excluding hydrogens is 344 g/mol. The number of aromatic nitrogens is 2. The van der Waals surface area contributed by atoms with Crippen LogP contribution in [0.25, 0.3) is 11.4 Å². The lowest BCUT2D eigenvalue weighted by molar-refractivity contribution is -0.148. The van der Waals surface area contributed by atoms with Crippen LogP contribution in [-0.2, 0) is 16.1 Å². The molecule has 0 N–H and O–H groups in total. The van der Waals surface area contributed by atoms with Gasteiger partial charge >= 0.3 is 5.97 Å². The van der Waals surface area contributed by atoms with E-state index in [1.165, 1.54) is 0 Å². The van der Waals surface area contributed by atoms with Crippen LogP contribution in [-0.4, -0.2) is 22.7 Å². The highest BCUT2D eigenvalue weighted by atomic mass is 35.5. The zero-order chi connectivity index (χ0) is 17.6. The van der Waals surface area contributed by atoms with E-state index >= 15 is 0 Å². The maximum absolute atomic E-state index is 11.8. The Kier molecular flexibility index (Phi) is 5.30. The molecular formula is C18H15ClN2O4. The first-order valence-electron chi connectivity index (χ1n) is 7.55. The maximum atomic E-state index is 11.8. The minimum absolute atomic E-state index is 0.132. The van der Waals surface area contributed by atoms with Crippen molar-refractivity contribution in [1.29, 1.82) is 0 Å². The van der Waals surface area contributed by atoms with Crippen molar-refractivity contribution >= 4 is 17.6 Å². The predicted octanol–water partition coefficient (Wildman–Crippen LogP) is 3.82. The number of benzene rings is 2. The van der Waals surface area contributed by atoms with Gasteiger partial charge in [-0.15, -0.1) is 0 Å². The van der Waals surface area contributed by atoms with Crippen molar-refractivity contribution in [3.8, 4) is 17.1 Å². The number of carbonyl (C=O) groups excluding carboxylic acids is 1. The van der Waals surface area contributed by atoms with Crippen LogP contribution in [0.1, 0.15) is 11.5 Å². The first-order valence-corrected chi connectivity index (χ1v) is 7.93. The summed E-state index contributed by atoms with van der Waals surface area (Å²) in [6.07, 6.45) is 0. The molecule has 0 aliphatic carbocycles. The van der Waals surface area contributed by atoms with Crippen LogP contribution in [0, 0.1) is 6.92 Å². The van der Waals surface area contributed by atoms with E-state index in [1.807, 2.05) is 37.3 Å². The van der Waals surface area contributed by atoms with Crippen LogP contribution in [0.3, 0.4) is 0 Å². The number of para-hydroxylation sites is 1. The molecule has 0 aliphatic heterocycles. The van der Waals surface area contributed by atoms with Gasteiger partial charge in [0, 0.05) is 5.56 Å². The van der Waals surface area contributed by atoms with Crippen molar-refractivity contribution in [2.75, 3.05) is 6.61 Å². The average Bonchev–Trinajstić information content (AvgIpc) is 3.08. The lowest BCUT2D eigenvalue weighted by Gasteiger charge is -2.07. The van der Waals surface area contributed by atoms with Crippen molar-refractivity contribution in [3.63, 3.8) is 0 Å². The lowest BCUT2D eigenvalue weighted by Crippen LogP contribution is -2.15. The van der Waals surface area contributed by atoms with Gasteiger partial charge in [0.05, 0.1) is 5.02 Å². The second kappa shape index (κ2) is 7.81. The Morgan fingerprint density at radius 3 is 2.72 bits per heavy atom. The molecule has 0 atom stereocenters. The standard InChI is InChI=1S/C18H15ClN2O4/c1-12-6-2-5-9-15(12)23-11-17(22)24-10-16-20-18(21-25-16)13-7-3-4-8-14(13)19/h2-9H,10-11H2,1H3. The molecule has 6 nitrogen and oxygen atoms in total. The van der Waals surface area contributed by atoms with Gasteiger partial charge < -0.3 is 14.0 Å². The normalized spacial score (nSPS) is 10.5. The average molecular weight is 359 g/mol. The smallest absolute Gasteiger partial charge is 0.344 e. The Labute approximate surface area is 149 Å². The number of rotatable bonds is 6. The molecule has 7 heteroatoms. The summed E-state index contributed by atoms with van der Waals surface area (Å²) in [6.45, 7) is 1.57. The number of hydrogen-bond acceptors (Lipinski definition) is 6. The number of esters is 1. The highest BCUT2D eigenvalue weighted by molar-refractivity contribution is 6.33. The highest BCUT2D eigenvalue weighted by Crippen LogP contribution is 2.24. The Balaban J connectivity index is 1.53. The summed E-state index contributed by atoms with van der Waals surface area (Å²) in [5.74, 6) is 0.631. The van der Waals surface area contributed by atoms with Crippen LogP contribution >= 0.6 is 11.6 Å². The molecule has 3 rings (SSSR count). The molecule has 128 valence electrons. The molecule has 0 amide bonds. The number of ether oxygens (including phenoxy) is 2. The van der Waals surface area contributed by atoms with Crippen LogP contribution in [0.4, 0.5) is 0 Å². The van der Waals surface area contributed by atoms with Crippen LogP contribution < -0.4 is 4.74 Å². The Morgan fingerprint density at radius 2 is 1.92 bits per heavy atom. The van der Waals surface area contributed by atoms with Gasteiger partial charge in [0.2, 0.25) is 5.82 Å². The van der Waals surface area contributed by atoms with Gasteiger partial charge in [-0.1, -0.05) is 47.1 Å². The van der Waals surface area contributed by atoms with Crippen LogP contribution in [0.2, 0.25) is 5.02 Å². The van der Waals surface area contributed by atoms with E-state index in [4.69, 9.17) is 25.6 Å². The van der Waals surface area contributed by atoms with Crippen LogP contribution in [0.5, 0.6) is 5.75 Å². The van der Waals surface area contributed by atoms with Gasteiger partial charge in [0.25, 0.3) is 5.89 Å². The third-order valence-corrected chi connectivity index (χ3v) is 3.71. The van der Waals surface area contributed by atoms with Gasteiger partial charge in [-0.2, -0.15) is 4.98 Å². The minimum atomic E-state index is -0.527. The molecule has 0 spiro atoms. The highest BCUT2D eigenvalue weighted by Gasteiger charge is 2.13. The van der Waals surface area contributed by atoms with E-state index in [0.717, 1.165) is 5.56 Å². The second-order valence-electron chi connectivity index (χ2n) is 5.21. The number of aryl methyl sites for hydroxylation is 1. The van der Waals surface area contributed by atoms with Crippen LogP contribution in [0.15, 0.2) is 53.1 Å². The molecule has 1 heterocycles. The molecule has 0 aliphatic rings. The fraction of sp³-hybridized carbons (Fsp3) is 0.167. The van der Waals surface area contributed by atoms with Crippen molar-refractivity contribution < 1.29 is 18.8 Å². The zero-order valence-electron chi connectivity index (χ0n) is 13.4. The molecule has 2 aromatic carbocycles. The van der Waals surface area contributed by atoms with E-state index in [0.29, 0.717) is 22.2 Å². The summed E-state index contributed by atoms with van der Waals surface area (Å²) in [4.78, 5) is 15.9. The van der Waals surface area contributed by atoms with Crippen molar-refractivity contribution in [1.82, 2.24) is 10.1 Å². The molecule has 0 bridgehead atoms. The summed E-state index contributed by atoms with van der Waals surface area (Å²) in [7, 11) is 0. The van der Waals surface area contributed by atoms with Crippen molar-refractivity contribution in [2.24, 2.45) is 0 Å². The summed E-state index contributed by atoms with van der Waals surface area (Å²) in [5, 5.41) is 4.35. The molecule has 1 aromatic heterocycles. The Morgan fingerprint density at radius 1 is 1.16 bits per heavy atom. The van der Waals surface area contributed by atoms with Gasteiger partial charge in [0.15, 0.2) is 13.2 Å². The number of hydrogen-bond donors (Lipinski definition) is 0. The predicted molar refractivity (Wildman–Crippen MR) is 91.2 cm³/mol. The van der Waals surface area contributed by atoms with E-state index in [2.05, 4.69) is 10.1 Å². The fourth-order valence-corrected chi connectivity index (χ4v) is 2.32. The van der Waals surface area contributed by atoms with Crippen molar-refractivity contribution in [3.05, 3.63) is 65.0 Å². The van der Waals surface area contributed by atoms with Gasteiger partial charge in [-0.05, 0) is 30.7 Å². The fourth-order valence-electron chi connectivity index (χ4n) is 2.10. The summed E-state index contributed by atoms with van der Waals surface area (Å²) < 4.78 is 15.6. The molecule has 0 saturated carbocycles. The first kappa shape index (κ1) is 17.0. The molecule has 25 heavy (non-hydrogen) atoms. The summed E-state index contributed by atoms with van der Waals surface area (Å²) >= 11 is 6.08. The number of carbonyl (C=O) groups is 1. The second-order valence-corrected chi connectivity index (χ2v) is 5.61. The number of halogens is 1. The molecule has 0 fully saturated rings. The SMILES string of the molecule is Cc1ccccc1OCC(=O)OCc1nc(-c2ccccc2Cl)no1. The summed E-state index contributed by atoms with van der Waals surface area (Å²) in [5.41, 5.74) is 1.59. The lowest BCUT2D eigenvalue weighted by atomic mass is 10.2. The topological polar surface area (TPSA) is 74.5 Å². The monoisotopic (exact) mass is 358 g/mol. The third-order valence-electron chi connectivity index (χ3n) is 3.38. The minimum Gasteiger partial charge on any atom is -0.482 e. The van der Waals surface area contributed by atoms with E-state index in [9.17, 15) is 4.79 Å². The first-order chi connectivity index (χ1) is 12.1. The Bertz CT molecular complexity index is 879. The van der Waals surface area contributed by atoms with Gasteiger partial charge in [0.1, 0.15) is 5.75 Å². The summed E-state index contributed by atoms with van der Waals surface area (Å²) in [6, 6.07) is 14.6. The third kappa shape index (κ3) is 4.36. The Hall–Kier alpha value is -2.86. The zero-order valence-corrected chi connectivity index (χ0v) is 14.2. The molecule has 0 unspecified atom stereocenters. The van der Waals surface area contributed by atoms with Gasteiger partial charge in [-0.25, -0.2) is 4.79 Å². The number of nitrogens with zero attached hydrogens (tertiary/aromatic N) is 2. The molecule has 0 radical (unpaired) electrons. The maximum Gasteiger partial charge on any atom is 0.344 e. The van der Waals surface area contributed by atoms with E-state index in [-0.39, 0.29) is 19.1 Å². The quantitative estimate of drug-likeness (QED) is 0.623. The molecule has 0 saturated heterocycles. The van der Waals surface area contributed by atoms with E-state index < -0.39 is 5.97 Å². The largest absolute Gasteiger partial charge is 0.482 e. The van der Waals surface area contributed by atoms with E-state index in [1.54, 1.807) is 18.2 Å². The molecule has 3 aromatic rings.